The summed E-state index contributed by atoms with van der Waals surface area (Å²) in [7, 11) is 0. The van der Waals surface area contributed by atoms with Crippen molar-refractivity contribution in [1.82, 2.24) is 10.2 Å². The number of thioether (sulfide) groups is 1. The van der Waals surface area contributed by atoms with Gasteiger partial charge in [-0.05, 0) is 18.3 Å². The van der Waals surface area contributed by atoms with Crippen molar-refractivity contribution >= 4 is 17.6 Å². The molecule has 1 fully saturated rings. The van der Waals surface area contributed by atoms with E-state index in [1.165, 1.54) is 11.8 Å². The van der Waals surface area contributed by atoms with Crippen LogP contribution >= 0.6 is 11.8 Å². The van der Waals surface area contributed by atoms with Crippen LogP contribution in [0.2, 0.25) is 0 Å². The first-order valence-corrected chi connectivity index (χ1v) is 6.01. The van der Waals surface area contributed by atoms with Crippen molar-refractivity contribution < 1.29 is 9.62 Å². The predicted octanol–water partition coefficient (Wildman–Crippen LogP) is 1.39. The van der Waals surface area contributed by atoms with Gasteiger partial charge in [0.25, 0.3) is 5.22 Å². The molecule has 1 aliphatic carbocycles. The molecule has 1 aliphatic rings. The molecular weight excluding hydrogens is 228 g/mol. The SMILES string of the molecule is Cc1nnc(SCC2(CC(N)=NO)CC2)o1. The maximum Gasteiger partial charge on any atom is 0.276 e. The lowest BCUT2D eigenvalue weighted by Gasteiger charge is -2.11. The molecular formula is C9H14N4O2S. The fraction of sp³-hybridized carbons (Fsp3) is 0.667. The standard InChI is InChI=1S/C9H14N4O2S/c1-6-11-12-8(15-6)16-5-9(2-3-9)4-7(10)13-14/h14H,2-5H2,1H3,(H2,10,13). The van der Waals surface area contributed by atoms with Gasteiger partial charge in [0.05, 0.1) is 0 Å². The quantitative estimate of drug-likeness (QED) is 0.266. The maximum atomic E-state index is 8.53. The number of oxime groups is 1. The number of aromatic nitrogens is 2. The van der Waals surface area contributed by atoms with Gasteiger partial charge in [0.2, 0.25) is 5.89 Å². The first-order chi connectivity index (χ1) is 7.63. The Kier molecular flexibility index (Phi) is 3.04. The first-order valence-electron chi connectivity index (χ1n) is 5.03. The van der Waals surface area contributed by atoms with Crippen LogP contribution in [0.1, 0.15) is 25.2 Å². The van der Waals surface area contributed by atoms with Crippen LogP contribution in [0.15, 0.2) is 14.8 Å². The van der Waals surface area contributed by atoms with Crippen molar-refractivity contribution in [3.63, 3.8) is 0 Å². The molecule has 0 unspecified atom stereocenters. The van der Waals surface area contributed by atoms with Crippen LogP contribution in [-0.4, -0.2) is 27.0 Å². The number of nitrogens with two attached hydrogens (primary N) is 1. The average molecular weight is 242 g/mol. The van der Waals surface area contributed by atoms with Gasteiger partial charge in [-0.1, -0.05) is 16.9 Å². The van der Waals surface area contributed by atoms with Gasteiger partial charge in [-0.2, -0.15) is 0 Å². The second-order valence-corrected chi connectivity index (χ2v) is 5.07. The van der Waals surface area contributed by atoms with Crippen molar-refractivity contribution in [2.24, 2.45) is 16.3 Å². The highest BCUT2D eigenvalue weighted by Gasteiger charge is 2.43. The van der Waals surface area contributed by atoms with E-state index in [9.17, 15) is 0 Å². The Morgan fingerprint density at radius 2 is 2.38 bits per heavy atom. The summed E-state index contributed by atoms with van der Waals surface area (Å²) in [6.45, 7) is 1.76. The monoisotopic (exact) mass is 242 g/mol. The normalized spacial score (nSPS) is 18.7. The van der Waals surface area contributed by atoms with Gasteiger partial charge in [-0.25, -0.2) is 0 Å². The first kappa shape index (κ1) is 11.3. The van der Waals surface area contributed by atoms with Gasteiger partial charge in [-0.3, -0.25) is 0 Å². The minimum absolute atomic E-state index is 0.156. The zero-order valence-corrected chi connectivity index (χ0v) is 9.83. The fourth-order valence-electron chi connectivity index (χ4n) is 1.52. The summed E-state index contributed by atoms with van der Waals surface area (Å²) in [6, 6.07) is 0. The van der Waals surface area contributed by atoms with Crippen LogP contribution in [0.4, 0.5) is 0 Å². The van der Waals surface area contributed by atoms with Crippen LogP contribution in [0.5, 0.6) is 0 Å². The lowest BCUT2D eigenvalue weighted by Crippen LogP contribution is -2.19. The average Bonchev–Trinajstić information content (AvgIpc) is 2.90. The van der Waals surface area contributed by atoms with Gasteiger partial charge >= 0.3 is 0 Å². The molecule has 0 radical (unpaired) electrons. The second-order valence-electron chi connectivity index (χ2n) is 4.14. The van der Waals surface area contributed by atoms with E-state index in [1.807, 2.05) is 0 Å². The molecule has 1 aromatic heterocycles. The summed E-state index contributed by atoms with van der Waals surface area (Å²) in [4.78, 5) is 0. The highest BCUT2D eigenvalue weighted by Crippen LogP contribution is 2.51. The summed E-state index contributed by atoms with van der Waals surface area (Å²) < 4.78 is 5.27. The van der Waals surface area contributed by atoms with Gasteiger partial charge in [0.1, 0.15) is 5.84 Å². The van der Waals surface area contributed by atoms with Crippen LogP contribution in [0.3, 0.4) is 0 Å². The molecule has 2 rings (SSSR count). The van der Waals surface area contributed by atoms with E-state index in [1.54, 1.807) is 6.92 Å². The van der Waals surface area contributed by atoms with Crippen LogP contribution in [0, 0.1) is 12.3 Å². The smallest absolute Gasteiger partial charge is 0.276 e. The Bertz CT molecular complexity index is 400. The molecule has 6 nitrogen and oxygen atoms in total. The van der Waals surface area contributed by atoms with Gasteiger partial charge in [0, 0.05) is 19.1 Å². The van der Waals surface area contributed by atoms with Crippen LogP contribution in [-0.2, 0) is 0 Å². The molecule has 0 spiro atoms. The van der Waals surface area contributed by atoms with Crippen molar-refractivity contribution in [3.8, 4) is 0 Å². The second kappa shape index (κ2) is 4.32. The highest BCUT2D eigenvalue weighted by molar-refractivity contribution is 7.99. The number of hydrogen-bond acceptors (Lipinski definition) is 6. The molecule has 0 bridgehead atoms. The molecule has 0 aromatic carbocycles. The molecule has 16 heavy (non-hydrogen) atoms. The lowest BCUT2D eigenvalue weighted by molar-refractivity contribution is 0.315. The lowest BCUT2D eigenvalue weighted by atomic mass is 10.1. The Labute approximate surface area is 97.3 Å². The Morgan fingerprint density at radius 1 is 1.62 bits per heavy atom. The van der Waals surface area contributed by atoms with Crippen molar-refractivity contribution in [2.45, 2.75) is 31.4 Å². The van der Waals surface area contributed by atoms with Crippen LogP contribution in [0.25, 0.3) is 0 Å². The Morgan fingerprint density at radius 3 is 2.88 bits per heavy atom. The van der Waals surface area contributed by atoms with Crippen molar-refractivity contribution in [3.05, 3.63) is 5.89 Å². The third-order valence-electron chi connectivity index (χ3n) is 2.65. The van der Waals surface area contributed by atoms with E-state index in [-0.39, 0.29) is 5.41 Å². The molecule has 0 amide bonds. The molecule has 1 aromatic rings. The molecule has 3 N–H and O–H groups in total. The highest BCUT2D eigenvalue weighted by atomic mass is 32.2. The maximum absolute atomic E-state index is 8.53. The zero-order chi connectivity index (χ0) is 11.6. The zero-order valence-electron chi connectivity index (χ0n) is 9.01. The minimum atomic E-state index is 0.156. The minimum Gasteiger partial charge on any atom is -0.416 e. The topological polar surface area (TPSA) is 97.5 Å². The molecule has 88 valence electrons. The summed E-state index contributed by atoms with van der Waals surface area (Å²) in [5, 5.41) is 19.8. The summed E-state index contributed by atoms with van der Waals surface area (Å²) in [5.41, 5.74) is 5.67. The Hall–Kier alpha value is -1.24. The number of aryl methyl sites for hydroxylation is 1. The summed E-state index contributed by atoms with van der Waals surface area (Å²) >= 11 is 1.53. The number of rotatable bonds is 5. The fourth-order valence-corrected chi connectivity index (χ4v) is 2.62. The van der Waals surface area contributed by atoms with E-state index >= 15 is 0 Å². The van der Waals surface area contributed by atoms with Crippen LogP contribution < -0.4 is 5.73 Å². The van der Waals surface area contributed by atoms with Gasteiger partial charge in [0.15, 0.2) is 0 Å². The molecule has 0 aliphatic heterocycles. The molecule has 7 heteroatoms. The molecule has 0 saturated heterocycles. The van der Waals surface area contributed by atoms with E-state index in [4.69, 9.17) is 15.4 Å². The largest absolute Gasteiger partial charge is 0.416 e. The van der Waals surface area contributed by atoms with Crippen molar-refractivity contribution in [1.29, 1.82) is 0 Å². The van der Waals surface area contributed by atoms with E-state index in [0.717, 1.165) is 18.6 Å². The summed E-state index contributed by atoms with van der Waals surface area (Å²) in [5.74, 6) is 1.73. The number of amidine groups is 1. The molecule has 0 atom stereocenters. The number of nitrogens with zero attached hydrogens (tertiary/aromatic N) is 3. The summed E-state index contributed by atoms with van der Waals surface area (Å²) in [6.07, 6.45) is 2.83. The van der Waals surface area contributed by atoms with Gasteiger partial charge in [-0.15, -0.1) is 10.2 Å². The third-order valence-corrected chi connectivity index (χ3v) is 3.82. The predicted molar refractivity (Wildman–Crippen MR) is 59.5 cm³/mol. The van der Waals surface area contributed by atoms with E-state index < -0.39 is 0 Å². The van der Waals surface area contributed by atoms with E-state index in [0.29, 0.717) is 23.4 Å². The van der Waals surface area contributed by atoms with Crippen molar-refractivity contribution in [2.75, 3.05) is 5.75 Å². The van der Waals surface area contributed by atoms with E-state index in [2.05, 4.69) is 15.4 Å². The van der Waals surface area contributed by atoms with Gasteiger partial charge < -0.3 is 15.4 Å². The molecule has 1 saturated carbocycles. The Balaban J connectivity index is 1.86. The number of hydrogen-bond donors (Lipinski definition) is 2. The molecule has 1 heterocycles. The third kappa shape index (κ3) is 2.66.